The van der Waals surface area contributed by atoms with Crippen molar-refractivity contribution in [1.29, 1.82) is 5.26 Å². The lowest BCUT2D eigenvalue weighted by Crippen LogP contribution is -2.36. The van der Waals surface area contributed by atoms with Gasteiger partial charge in [-0.05, 0) is 12.1 Å². The van der Waals surface area contributed by atoms with E-state index in [1.165, 1.54) is 7.11 Å². The van der Waals surface area contributed by atoms with Gasteiger partial charge in [0.15, 0.2) is 0 Å². The number of ether oxygens (including phenoxy) is 1. The van der Waals surface area contributed by atoms with Gasteiger partial charge in [-0.2, -0.15) is 5.26 Å². The van der Waals surface area contributed by atoms with E-state index in [4.69, 9.17) is 4.74 Å². The normalized spacial score (nSPS) is 21.9. The number of methoxy groups -OCH3 is 1. The third-order valence-electron chi connectivity index (χ3n) is 4.10. The molecule has 1 aliphatic heterocycles. The van der Waals surface area contributed by atoms with Crippen LogP contribution in [0.15, 0.2) is 30.6 Å². The molecule has 0 spiro atoms. The van der Waals surface area contributed by atoms with Gasteiger partial charge in [-0.3, -0.25) is 9.69 Å². The number of nitriles is 1. The summed E-state index contributed by atoms with van der Waals surface area (Å²) in [6.07, 6.45) is 3.59. The molecule has 114 valence electrons. The third-order valence-corrected chi connectivity index (χ3v) is 4.10. The van der Waals surface area contributed by atoms with Crippen molar-refractivity contribution < 1.29 is 14.6 Å². The first-order chi connectivity index (χ1) is 10.6. The molecule has 3 heterocycles. The van der Waals surface area contributed by atoms with Gasteiger partial charge in [0.25, 0.3) is 0 Å². The number of rotatable bonds is 3. The Balaban J connectivity index is 1.92. The maximum absolute atomic E-state index is 11.8. The molecule has 2 atom stereocenters. The van der Waals surface area contributed by atoms with Gasteiger partial charge in [-0.1, -0.05) is 6.07 Å². The summed E-state index contributed by atoms with van der Waals surface area (Å²) in [5.41, 5.74) is 2.29. The highest BCUT2D eigenvalue weighted by Gasteiger charge is 2.37. The number of nitrogens with zero attached hydrogens (tertiary/aromatic N) is 3. The van der Waals surface area contributed by atoms with Gasteiger partial charge in [0, 0.05) is 37.5 Å². The maximum atomic E-state index is 11.8. The second-order valence-electron chi connectivity index (χ2n) is 5.49. The quantitative estimate of drug-likeness (QED) is 0.853. The molecule has 0 aliphatic carbocycles. The van der Waals surface area contributed by atoms with E-state index in [1.807, 2.05) is 39.9 Å². The van der Waals surface area contributed by atoms with E-state index in [-0.39, 0.29) is 5.97 Å². The molecule has 1 saturated heterocycles. The van der Waals surface area contributed by atoms with Gasteiger partial charge in [0.05, 0.1) is 24.3 Å². The molecule has 2 aromatic rings. The van der Waals surface area contributed by atoms with Crippen LogP contribution < -0.4 is 0 Å². The van der Waals surface area contributed by atoms with Crippen molar-refractivity contribution >= 4 is 11.5 Å². The third kappa shape index (κ3) is 2.45. The molecule has 0 saturated carbocycles. The molecule has 0 unspecified atom stereocenters. The number of hydrogen-bond acceptors (Lipinski definition) is 5. The number of pyridine rings is 1. The Morgan fingerprint density at radius 1 is 1.55 bits per heavy atom. The van der Waals surface area contributed by atoms with E-state index in [2.05, 4.69) is 6.07 Å². The molecule has 6 heteroatoms. The van der Waals surface area contributed by atoms with Crippen LogP contribution in [0.4, 0.5) is 0 Å². The van der Waals surface area contributed by atoms with Crippen molar-refractivity contribution in [3.05, 3.63) is 41.7 Å². The number of aliphatic hydroxyl groups is 1. The molecule has 0 amide bonds. The fourth-order valence-corrected chi connectivity index (χ4v) is 3.08. The van der Waals surface area contributed by atoms with Crippen molar-refractivity contribution in [2.45, 2.75) is 25.1 Å². The molecule has 2 aromatic heterocycles. The molecule has 0 bridgehead atoms. The van der Waals surface area contributed by atoms with Crippen LogP contribution in [0.2, 0.25) is 0 Å². The number of hydrogen-bond donors (Lipinski definition) is 1. The lowest BCUT2D eigenvalue weighted by Gasteiger charge is -2.21. The van der Waals surface area contributed by atoms with Crippen molar-refractivity contribution in [3.63, 3.8) is 0 Å². The Bertz CT molecular complexity index is 747. The van der Waals surface area contributed by atoms with Gasteiger partial charge < -0.3 is 14.2 Å². The molecule has 0 aromatic carbocycles. The van der Waals surface area contributed by atoms with Crippen LogP contribution in [0, 0.1) is 11.3 Å². The fraction of sp³-hybridized carbons (Fsp3) is 0.375. The van der Waals surface area contributed by atoms with E-state index in [9.17, 15) is 15.2 Å². The summed E-state index contributed by atoms with van der Waals surface area (Å²) >= 11 is 0. The summed E-state index contributed by atoms with van der Waals surface area (Å²) < 4.78 is 6.70. The van der Waals surface area contributed by atoms with E-state index >= 15 is 0 Å². The first-order valence-electron chi connectivity index (χ1n) is 7.12. The first kappa shape index (κ1) is 14.6. The highest BCUT2D eigenvalue weighted by molar-refractivity contribution is 5.76. The number of fused-ring (bicyclic) bond motifs is 1. The Labute approximate surface area is 128 Å². The average Bonchev–Trinajstić information content (AvgIpc) is 3.06. The van der Waals surface area contributed by atoms with Crippen LogP contribution >= 0.6 is 0 Å². The number of carbonyl (C=O) groups excluding carboxylic acids is 1. The summed E-state index contributed by atoms with van der Waals surface area (Å²) in [6.45, 7) is 0.832. The van der Waals surface area contributed by atoms with Crippen LogP contribution in [0.25, 0.3) is 5.52 Å². The Hall–Kier alpha value is -2.36. The van der Waals surface area contributed by atoms with Gasteiger partial charge in [0.1, 0.15) is 12.1 Å². The van der Waals surface area contributed by atoms with Gasteiger partial charge >= 0.3 is 5.97 Å². The Kier molecular flexibility index (Phi) is 3.84. The topological polar surface area (TPSA) is 78.0 Å². The Morgan fingerprint density at radius 3 is 3.09 bits per heavy atom. The smallest absolute Gasteiger partial charge is 0.323 e. The minimum absolute atomic E-state index is 0.348. The maximum Gasteiger partial charge on any atom is 0.323 e. The number of aliphatic hydroxyl groups excluding tert-OH is 1. The Morgan fingerprint density at radius 2 is 2.36 bits per heavy atom. The molecule has 1 N–H and O–H groups in total. The second kappa shape index (κ2) is 5.79. The van der Waals surface area contributed by atoms with Crippen LogP contribution in [-0.4, -0.2) is 46.2 Å². The second-order valence-corrected chi connectivity index (χ2v) is 5.49. The summed E-state index contributed by atoms with van der Waals surface area (Å²) in [5.74, 6) is -0.348. The van der Waals surface area contributed by atoms with Crippen LogP contribution in [0.3, 0.4) is 0 Å². The van der Waals surface area contributed by atoms with Crippen LogP contribution in [0.1, 0.15) is 17.5 Å². The minimum atomic E-state index is -0.549. The van der Waals surface area contributed by atoms with Gasteiger partial charge in [0.2, 0.25) is 0 Å². The predicted octanol–water partition coefficient (Wildman–Crippen LogP) is 0.919. The minimum Gasteiger partial charge on any atom is -0.468 e. The summed E-state index contributed by atoms with van der Waals surface area (Å²) in [7, 11) is 1.35. The molecule has 6 nitrogen and oxygen atoms in total. The number of β-amino-alcohol motifs (C(OH)–C–C–N with tert-alkyl or cyclic N) is 1. The summed E-state index contributed by atoms with van der Waals surface area (Å²) in [5, 5.41) is 19.3. The van der Waals surface area contributed by atoms with Gasteiger partial charge in [-0.25, -0.2) is 0 Å². The highest BCUT2D eigenvalue weighted by Crippen LogP contribution is 2.25. The molecule has 1 aliphatic rings. The van der Waals surface area contributed by atoms with Crippen molar-refractivity contribution in [1.82, 2.24) is 9.30 Å². The lowest BCUT2D eigenvalue weighted by molar-refractivity contribution is -0.146. The molecule has 0 radical (unpaired) electrons. The van der Waals surface area contributed by atoms with Crippen LogP contribution in [-0.2, 0) is 16.1 Å². The van der Waals surface area contributed by atoms with Crippen molar-refractivity contribution in [2.24, 2.45) is 0 Å². The largest absolute Gasteiger partial charge is 0.468 e. The molecule has 22 heavy (non-hydrogen) atoms. The zero-order valence-electron chi connectivity index (χ0n) is 12.3. The number of likely N-dealkylation sites (tertiary alicyclic amines) is 1. The van der Waals surface area contributed by atoms with Crippen molar-refractivity contribution in [2.75, 3.05) is 13.7 Å². The fourth-order valence-electron chi connectivity index (χ4n) is 3.08. The zero-order valence-corrected chi connectivity index (χ0v) is 12.3. The molecular weight excluding hydrogens is 282 g/mol. The zero-order chi connectivity index (χ0) is 15.7. The molecular formula is C16H17N3O3. The number of carbonyl (C=O) groups is 1. The summed E-state index contributed by atoms with van der Waals surface area (Å²) in [6, 6.07) is 7.44. The van der Waals surface area contributed by atoms with Crippen molar-refractivity contribution in [3.8, 4) is 6.07 Å². The van der Waals surface area contributed by atoms with E-state index in [0.29, 0.717) is 25.1 Å². The standard InChI is InChI=1S/C16H17N3O3/c1-22-16(21)15-6-12(20)10-19(15)9-11-8-18-5-3-2-4-14(18)13(11)7-17/h2-5,8,12,15,20H,6,9-10H2,1H3/t12-,15-/m0/s1. The van der Waals surface area contributed by atoms with E-state index in [1.54, 1.807) is 0 Å². The number of esters is 1. The van der Waals surface area contributed by atoms with E-state index < -0.39 is 12.1 Å². The molecule has 1 fully saturated rings. The van der Waals surface area contributed by atoms with Crippen LogP contribution in [0.5, 0.6) is 0 Å². The highest BCUT2D eigenvalue weighted by atomic mass is 16.5. The average molecular weight is 299 g/mol. The summed E-state index contributed by atoms with van der Waals surface area (Å²) in [4.78, 5) is 13.7. The predicted molar refractivity (Wildman–Crippen MR) is 78.9 cm³/mol. The monoisotopic (exact) mass is 299 g/mol. The molecule has 3 rings (SSSR count). The first-order valence-corrected chi connectivity index (χ1v) is 7.12. The van der Waals surface area contributed by atoms with E-state index in [0.717, 1.165) is 11.1 Å². The SMILES string of the molecule is COC(=O)[C@@H]1C[C@H](O)CN1Cc1cn2ccccc2c1C#N. The van der Waals surface area contributed by atoms with Gasteiger partial charge in [-0.15, -0.1) is 0 Å². The lowest BCUT2D eigenvalue weighted by atomic mass is 10.1. The number of aromatic nitrogens is 1.